The molecule has 0 fully saturated rings. The fourth-order valence-electron chi connectivity index (χ4n) is 1.90. The fourth-order valence-corrected chi connectivity index (χ4v) is 2.81. The third kappa shape index (κ3) is 4.08. The molecule has 0 aliphatic carbocycles. The van der Waals surface area contributed by atoms with Crippen molar-refractivity contribution in [3.8, 4) is 0 Å². The Hall–Kier alpha value is -2.34. The summed E-state index contributed by atoms with van der Waals surface area (Å²) in [6, 6.07) is 13.4. The standard InChI is InChI=1S/C15H15N3O3S/c1-12-6-8-14(9-7-12)22(19,20)21-11-10-13-4-2-3-5-15(13)17-18-16/h2-9H,10-11H2,1H3. The first-order chi connectivity index (χ1) is 10.5. The SMILES string of the molecule is Cc1ccc(S(=O)(=O)OCCc2ccccc2N=[N+]=[N-])cc1. The van der Waals surface area contributed by atoms with E-state index in [2.05, 4.69) is 10.0 Å². The zero-order valence-corrected chi connectivity index (χ0v) is 12.8. The minimum atomic E-state index is -3.78. The van der Waals surface area contributed by atoms with Gasteiger partial charge in [-0.05, 0) is 36.6 Å². The van der Waals surface area contributed by atoms with Crippen LogP contribution in [0.3, 0.4) is 0 Å². The van der Waals surface area contributed by atoms with Gasteiger partial charge >= 0.3 is 0 Å². The lowest BCUT2D eigenvalue weighted by Crippen LogP contribution is -2.09. The lowest BCUT2D eigenvalue weighted by atomic mass is 10.1. The van der Waals surface area contributed by atoms with Gasteiger partial charge in [0.05, 0.1) is 11.5 Å². The van der Waals surface area contributed by atoms with Crippen molar-refractivity contribution in [2.45, 2.75) is 18.2 Å². The Balaban J connectivity index is 2.04. The number of azide groups is 1. The van der Waals surface area contributed by atoms with Gasteiger partial charge in [0.1, 0.15) is 0 Å². The molecule has 0 aliphatic heterocycles. The Morgan fingerprint density at radius 1 is 1.14 bits per heavy atom. The highest BCUT2D eigenvalue weighted by molar-refractivity contribution is 7.86. The molecule has 7 heteroatoms. The fraction of sp³-hybridized carbons (Fsp3) is 0.200. The Morgan fingerprint density at radius 3 is 2.50 bits per heavy atom. The highest BCUT2D eigenvalue weighted by atomic mass is 32.2. The van der Waals surface area contributed by atoms with Gasteiger partial charge in [-0.15, -0.1) is 0 Å². The molecule has 0 aromatic heterocycles. The van der Waals surface area contributed by atoms with Crippen LogP contribution in [0.2, 0.25) is 0 Å². The van der Waals surface area contributed by atoms with Crippen molar-refractivity contribution in [3.63, 3.8) is 0 Å². The van der Waals surface area contributed by atoms with Crippen LogP contribution in [0.4, 0.5) is 5.69 Å². The minimum absolute atomic E-state index is 0.0197. The third-order valence-corrected chi connectivity index (χ3v) is 4.39. The molecule has 6 nitrogen and oxygen atoms in total. The summed E-state index contributed by atoms with van der Waals surface area (Å²) in [6.45, 7) is 1.86. The Bertz CT molecular complexity index is 795. The Labute approximate surface area is 129 Å². The molecule has 0 N–H and O–H groups in total. The molecule has 2 aromatic carbocycles. The van der Waals surface area contributed by atoms with Crippen molar-refractivity contribution in [2.75, 3.05) is 6.61 Å². The van der Waals surface area contributed by atoms with E-state index in [0.29, 0.717) is 12.1 Å². The van der Waals surface area contributed by atoms with Gasteiger partial charge in [0.25, 0.3) is 10.1 Å². The van der Waals surface area contributed by atoms with E-state index in [4.69, 9.17) is 9.71 Å². The maximum absolute atomic E-state index is 12.0. The molecule has 0 amide bonds. The topological polar surface area (TPSA) is 92.1 Å². The molecule has 0 heterocycles. The van der Waals surface area contributed by atoms with E-state index in [1.807, 2.05) is 6.92 Å². The summed E-state index contributed by atoms with van der Waals surface area (Å²) in [4.78, 5) is 2.87. The van der Waals surface area contributed by atoms with Crippen molar-refractivity contribution in [3.05, 3.63) is 70.1 Å². The van der Waals surface area contributed by atoms with Gasteiger partial charge in [-0.3, -0.25) is 4.18 Å². The number of nitrogens with zero attached hydrogens (tertiary/aromatic N) is 3. The van der Waals surface area contributed by atoms with Gasteiger partial charge in [-0.2, -0.15) is 8.42 Å². The molecule has 114 valence electrons. The predicted molar refractivity (Wildman–Crippen MR) is 83.3 cm³/mol. The quantitative estimate of drug-likeness (QED) is 0.350. The summed E-state index contributed by atoms with van der Waals surface area (Å²) in [6.07, 6.45) is 0.334. The van der Waals surface area contributed by atoms with Gasteiger partial charge < -0.3 is 0 Å². The summed E-state index contributed by atoms with van der Waals surface area (Å²) in [5.74, 6) is 0. The van der Waals surface area contributed by atoms with Crippen LogP contribution < -0.4 is 0 Å². The van der Waals surface area contributed by atoms with Crippen LogP contribution in [0.25, 0.3) is 10.4 Å². The molecule has 0 saturated heterocycles. The Morgan fingerprint density at radius 2 is 1.82 bits per heavy atom. The number of rotatable bonds is 6. The second-order valence-electron chi connectivity index (χ2n) is 4.66. The molecule has 0 saturated carbocycles. The zero-order valence-electron chi connectivity index (χ0n) is 12.0. The molecular formula is C15H15N3O3S. The van der Waals surface area contributed by atoms with Gasteiger partial charge in [0.15, 0.2) is 0 Å². The predicted octanol–water partition coefficient (Wildman–Crippen LogP) is 3.88. The van der Waals surface area contributed by atoms with Crippen LogP contribution >= 0.6 is 0 Å². The van der Waals surface area contributed by atoms with E-state index in [1.54, 1.807) is 36.4 Å². The van der Waals surface area contributed by atoms with E-state index in [1.165, 1.54) is 12.1 Å². The average Bonchev–Trinajstić information content (AvgIpc) is 2.49. The summed E-state index contributed by atoms with van der Waals surface area (Å²) in [7, 11) is -3.78. The van der Waals surface area contributed by atoms with Crippen molar-refractivity contribution in [1.29, 1.82) is 0 Å². The molecule has 0 unspecified atom stereocenters. The molecule has 2 aromatic rings. The first kappa shape index (κ1) is 16.0. The molecule has 0 radical (unpaired) electrons. The lowest BCUT2D eigenvalue weighted by Gasteiger charge is -2.07. The summed E-state index contributed by atoms with van der Waals surface area (Å²) < 4.78 is 29.1. The highest BCUT2D eigenvalue weighted by Gasteiger charge is 2.14. The first-order valence-corrected chi connectivity index (χ1v) is 8.03. The largest absolute Gasteiger partial charge is 0.296 e. The maximum Gasteiger partial charge on any atom is 0.296 e. The number of benzene rings is 2. The van der Waals surface area contributed by atoms with Crippen molar-refractivity contribution in [2.24, 2.45) is 5.11 Å². The number of hydrogen-bond donors (Lipinski definition) is 0. The van der Waals surface area contributed by atoms with Crippen LogP contribution in [0, 0.1) is 6.92 Å². The van der Waals surface area contributed by atoms with Crippen molar-refractivity contribution >= 4 is 15.8 Å². The van der Waals surface area contributed by atoms with E-state index >= 15 is 0 Å². The third-order valence-electron chi connectivity index (χ3n) is 3.06. The first-order valence-electron chi connectivity index (χ1n) is 6.62. The molecule has 0 bridgehead atoms. The van der Waals surface area contributed by atoms with E-state index in [0.717, 1.165) is 11.1 Å². The number of hydrogen-bond acceptors (Lipinski definition) is 4. The minimum Gasteiger partial charge on any atom is -0.266 e. The lowest BCUT2D eigenvalue weighted by molar-refractivity contribution is 0.322. The molecule has 2 rings (SSSR count). The van der Waals surface area contributed by atoms with Crippen molar-refractivity contribution in [1.82, 2.24) is 0 Å². The van der Waals surface area contributed by atoms with Gasteiger partial charge in [0.2, 0.25) is 0 Å². The van der Waals surface area contributed by atoms with Crippen LogP contribution in [0.1, 0.15) is 11.1 Å². The summed E-state index contributed by atoms with van der Waals surface area (Å²) in [5, 5.41) is 3.57. The van der Waals surface area contributed by atoms with Crippen molar-refractivity contribution < 1.29 is 12.6 Å². The normalized spacial score (nSPS) is 11.0. The van der Waals surface area contributed by atoms with E-state index in [-0.39, 0.29) is 11.5 Å². The second-order valence-corrected chi connectivity index (χ2v) is 6.27. The molecule has 0 spiro atoms. The molecule has 22 heavy (non-hydrogen) atoms. The second kappa shape index (κ2) is 7.09. The average molecular weight is 317 g/mol. The summed E-state index contributed by atoms with van der Waals surface area (Å²) >= 11 is 0. The van der Waals surface area contributed by atoms with Crippen LogP contribution in [0.15, 0.2) is 58.5 Å². The van der Waals surface area contributed by atoms with Gasteiger partial charge in [0, 0.05) is 10.6 Å². The Kier molecular flexibility index (Phi) is 5.16. The molecule has 0 atom stereocenters. The summed E-state index contributed by atoms with van der Waals surface area (Å²) in [5.41, 5.74) is 10.7. The number of aryl methyl sites for hydroxylation is 1. The van der Waals surface area contributed by atoms with Crippen LogP contribution in [-0.2, 0) is 20.7 Å². The smallest absolute Gasteiger partial charge is 0.266 e. The monoisotopic (exact) mass is 317 g/mol. The van der Waals surface area contributed by atoms with Gasteiger partial charge in [-0.1, -0.05) is 47.1 Å². The van der Waals surface area contributed by atoms with Crippen LogP contribution in [0.5, 0.6) is 0 Å². The van der Waals surface area contributed by atoms with E-state index in [9.17, 15) is 8.42 Å². The van der Waals surface area contributed by atoms with Gasteiger partial charge in [-0.25, -0.2) is 0 Å². The zero-order chi connectivity index (χ0) is 16.0. The molecule has 0 aliphatic rings. The maximum atomic E-state index is 12.0. The van der Waals surface area contributed by atoms with Crippen LogP contribution in [-0.4, -0.2) is 15.0 Å². The molecular weight excluding hydrogens is 302 g/mol. The highest BCUT2D eigenvalue weighted by Crippen LogP contribution is 2.20. The van der Waals surface area contributed by atoms with E-state index < -0.39 is 10.1 Å².